The molecule has 12 heteroatoms. The predicted molar refractivity (Wildman–Crippen MR) is 119 cm³/mol. The van der Waals surface area contributed by atoms with E-state index in [1.54, 1.807) is 20.8 Å². The van der Waals surface area contributed by atoms with Crippen LogP contribution in [0.25, 0.3) is 11.3 Å². The van der Waals surface area contributed by atoms with E-state index in [4.69, 9.17) is 32.7 Å². The summed E-state index contributed by atoms with van der Waals surface area (Å²) in [5.74, 6) is -3.92. The molecule has 2 aliphatic heterocycles. The molecule has 8 nitrogen and oxygen atoms in total. The quantitative estimate of drug-likeness (QED) is 0.562. The first-order valence-electron chi connectivity index (χ1n) is 10.4. The molecule has 34 heavy (non-hydrogen) atoms. The fourth-order valence-electron chi connectivity index (χ4n) is 3.85. The number of aromatic nitrogens is 1. The van der Waals surface area contributed by atoms with Crippen molar-refractivity contribution in [2.45, 2.75) is 32.4 Å². The highest BCUT2D eigenvalue weighted by molar-refractivity contribution is 6.36. The summed E-state index contributed by atoms with van der Waals surface area (Å²) in [6.45, 7) is 5.48. The number of piperazine rings is 1. The van der Waals surface area contributed by atoms with Crippen LogP contribution >= 0.6 is 23.2 Å². The van der Waals surface area contributed by atoms with E-state index in [0.717, 1.165) is 12.1 Å². The van der Waals surface area contributed by atoms with Gasteiger partial charge in [-0.05, 0) is 32.9 Å². The van der Waals surface area contributed by atoms with Crippen molar-refractivity contribution in [3.8, 4) is 22.8 Å². The number of hydrogen-bond donors (Lipinski definition) is 1. The van der Waals surface area contributed by atoms with Gasteiger partial charge in [-0.15, -0.1) is 0 Å². The molecule has 2 aromatic rings. The maximum absolute atomic E-state index is 15.1. The molecule has 0 spiro atoms. The largest absolute Gasteiger partial charge is 0.506 e. The van der Waals surface area contributed by atoms with Gasteiger partial charge in [0.1, 0.15) is 40.1 Å². The fourth-order valence-corrected chi connectivity index (χ4v) is 4.29. The fraction of sp³-hybridized carbons (Fsp3) is 0.409. The van der Waals surface area contributed by atoms with Gasteiger partial charge in [0.05, 0.1) is 16.6 Å². The second-order valence-corrected chi connectivity index (χ2v) is 9.70. The maximum Gasteiger partial charge on any atom is 0.410 e. The molecule has 1 saturated heterocycles. The number of ether oxygens (including phenoxy) is 2. The number of aromatic hydroxyl groups is 1. The molecule has 1 N–H and O–H groups in total. The first-order chi connectivity index (χ1) is 15.9. The number of carbonyl (C=O) groups is 2. The lowest BCUT2D eigenvalue weighted by atomic mass is 10.1. The van der Waals surface area contributed by atoms with Crippen molar-refractivity contribution >= 4 is 35.2 Å². The molecule has 4 rings (SSSR count). The van der Waals surface area contributed by atoms with Crippen LogP contribution in [0.1, 0.15) is 31.1 Å². The molecule has 182 valence electrons. The Labute approximate surface area is 204 Å². The lowest BCUT2D eigenvalue weighted by Gasteiger charge is -2.40. The van der Waals surface area contributed by atoms with Crippen molar-refractivity contribution in [3.05, 3.63) is 39.5 Å². The number of phenols is 1. The maximum atomic E-state index is 15.1. The first kappa shape index (κ1) is 24.3. The summed E-state index contributed by atoms with van der Waals surface area (Å²) in [5, 5.41) is 9.68. The van der Waals surface area contributed by atoms with E-state index in [1.165, 1.54) is 9.80 Å². The minimum absolute atomic E-state index is 0.0951. The van der Waals surface area contributed by atoms with Crippen molar-refractivity contribution in [1.82, 2.24) is 14.8 Å². The number of pyridine rings is 1. The number of amides is 2. The van der Waals surface area contributed by atoms with Gasteiger partial charge >= 0.3 is 6.09 Å². The Morgan fingerprint density at radius 1 is 1.24 bits per heavy atom. The number of halogens is 4. The van der Waals surface area contributed by atoms with E-state index >= 15 is 4.39 Å². The molecule has 0 saturated carbocycles. The number of nitrogens with zero attached hydrogens (tertiary/aromatic N) is 3. The van der Waals surface area contributed by atoms with Crippen LogP contribution in [-0.4, -0.2) is 69.8 Å². The summed E-state index contributed by atoms with van der Waals surface area (Å²) in [6.07, 6.45) is -0.540. The Morgan fingerprint density at radius 2 is 1.94 bits per heavy atom. The molecular formula is C22H21Cl2F2N3O5. The van der Waals surface area contributed by atoms with Crippen LogP contribution in [0.15, 0.2) is 12.1 Å². The first-order valence-corrected chi connectivity index (χ1v) is 11.1. The van der Waals surface area contributed by atoms with Gasteiger partial charge in [0, 0.05) is 19.6 Å². The Morgan fingerprint density at radius 3 is 2.62 bits per heavy atom. The number of hydrogen-bond acceptors (Lipinski definition) is 6. The third kappa shape index (κ3) is 4.32. The molecule has 1 aromatic carbocycles. The van der Waals surface area contributed by atoms with Crippen molar-refractivity contribution in [3.63, 3.8) is 0 Å². The monoisotopic (exact) mass is 515 g/mol. The minimum atomic E-state index is -1.24. The van der Waals surface area contributed by atoms with E-state index in [0.29, 0.717) is 0 Å². The molecule has 0 radical (unpaired) electrons. The Kier molecular flexibility index (Phi) is 6.24. The molecule has 1 fully saturated rings. The highest BCUT2D eigenvalue weighted by Gasteiger charge is 2.41. The number of phenolic OH excluding ortho intramolecular Hbond substituents is 1. The summed E-state index contributed by atoms with van der Waals surface area (Å²) in [4.78, 5) is 32.2. The highest BCUT2D eigenvalue weighted by atomic mass is 35.5. The summed E-state index contributed by atoms with van der Waals surface area (Å²) >= 11 is 12.3. The predicted octanol–water partition coefficient (Wildman–Crippen LogP) is 4.49. The number of rotatable bonds is 1. The molecular weight excluding hydrogens is 495 g/mol. The molecule has 1 aromatic heterocycles. The van der Waals surface area contributed by atoms with Gasteiger partial charge in [0.2, 0.25) is 5.95 Å². The van der Waals surface area contributed by atoms with Crippen LogP contribution in [-0.2, 0) is 4.74 Å². The van der Waals surface area contributed by atoms with Gasteiger partial charge in [-0.2, -0.15) is 4.39 Å². The summed E-state index contributed by atoms with van der Waals surface area (Å²) in [7, 11) is 0. The molecule has 2 aliphatic rings. The highest BCUT2D eigenvalue weighted by Crippen LogP contribution is 2.45. The topological polar surface area (TPSA) is 92.2 Å². The molecule has 0 aliphatic carbocycles. The van der Waals surface area contributed by atoms with Crippen molar-refractivity contribution in [2.24, 2.45) is 0 Å². The molecule has 0 bridgehead atoms. The normalized spacial score (nSPS) is 18.1. The molecule has 2 amide bonds. The summed E-state index contributed by atoms with van der Waals surface area (Å²) in [5.41, 5.74) is -2.18. The van der Waals surface area contributed by atoms with E-state index < -0.39 is 58.0 Å². The van der Waals surface area contributed by atoms with Crippen molar-refractivity contribution < 1.29 is 33.0 Å². The van der Waals surface area contributed by atoms with Crippen molar-refractivity contribution in [2.75, 3.05) is 26.2 Å². The molecule has 3 heterocycles. The molecule has 0 unspecified atom stereocenters. The van der Waals surface area contributed by atoms with E-state index in [-0.39, 0.29) is 42.0 Å². The second-order valence-electron chi connectivity index (χ2n) is 8.91. The van der Waals surface area contributed by atoms with E-state index in [1.807, 2.05) is 0 Å². The summed E-state index contributed by atoms with van der Waals surface area (Å²) in [6, 6.07) is 1.48. The van der Waals surface area contributed by atoms with Crippen LogP contribution < -0.4 is 4.74 Å². The second kappa shape index (κ2) is 8.74. The van der Waals surface area contributed by atoms with Gasteiger partial charge in [-0.25, -0.2) is 14.2 Å². The average molecular weight is 516 g/mol. The number of carbonyl (C=O) groups excluding carboxylic acids is 2. The lowest BCUT2D eigenvalue weighted by Crippen LogP contribution is -2.58. The van der Waals surface area contributed by atoms with E-state index in [9.17, 15) is 19.1 Å². The van der Waals surface area contributed by atoms with Gasteiger partial charge in [0.15, 0.2) is 5.75 Å². The Hall–Kier alpha value is -2.85. The van der Waals surface area contributed by atoms with Gasteiger partial charge in [-0.1, -0.05) is 23.2 Å². The van der Waals surface area contributed by atoms with Crippen LogP contribution in [0.3, 0.4) is 0 Å². The Bertz CT molecular complexity index is 1190. The number of fused-ring (bicyclic) bond motifs is 2. The third-order valence-electron chi connectivity index (χ3n) is 5.39. The van der Waals surface area contributed by atoms with Gasteiger partial charge in [0.25, 0.3) is 5.91 Å². The zero-order valence-electron chi connectivity index (χ0n) is 18.5. The van der Waals surface area contributed by atoms with Gasteiger partial charge < -0.3 is 24.4 Å². The minimum Gasteiger partial charge on any atom is -0.506 e. The third-order valence-corrected chi connectivity index (χ3v) is 6.05. The average Bonchev–Trinajstić information content (AvgIpc) is 2.90. The summed E-state index contributed by atoms with van der Waals surface area (Å²) < 4.78 is 40.7. The van der Waals surface area contributed by atoms with Crippen LogP contribution in [0, 0.1) is 11.8 Å². The lowest BCUT2D eigenvalue weighted by molar-refractivity contribution is 0.000892. The SMILES string of the molecule is CC(C)(C)OC(=O)N1CCN2C(=O)c3c(F)nc(-c4c(F)ccc(Cl)c4O)c(Cl)c3OC[C@H]2C1. The zero-order valence-corrected chi connectivity index (χ0v) is 20.0. The van der Waals surface area contributed by atoms with Crippen LogP contribution in [0.5, 0.6) is 11.5 Å². The van der Waals surface area contributed by atoms with Crippen LogP contribution in [0.2, 0.25) is 10.0 Å². The standard InChI is InChI=1S/C22H21Cl2F2N3O5/c1-22(2,3)34-21(32)28-6-7-29-10(8-28)9-33-18-14(20(29)31)19(26)27-16(15(18)24)13-12(25)5-4-11(23)17(13)30/h4-5,10,30H,6-9H2,1-3H3/t10-/m1/s1. The zero-order chi connectivity index (χ0) is 24.9. The molecule has 1 atom stereocenters. The van der Waals surface area contributed by atoms with Gasteiger partial charge in [-0.3, -0.25) is 4.79 Å². The van der Waals surface area contributed by atoms with E-state index in [2.05, 4.69) is 4.98 Å². The number of benzene rings is 1. The van der Waals surface area contributed by atoms with Crippen LogP contribution in [0.4, 0.5) is 13.6 Å². The Balaban J connectivity index is 1.70. The smallest absolute Gasteiger partial charge is 0.410 e. The van der Waals surface area contributed by atoms with Crippen molar-refractivity contribution in [1.29, 1.82) is 0 Å².